The van der Waals surface area contributed by atoms with Crippen molar-refractivity contribution in [3.8, 4) is 11.5 Å². The zero-order chi connectivity index (χ0) is 25.7. The first kappa shape index (κ1) is 26.1. The molecule has 2 aromatic carbocycles. The third kappa shape index (κ3) is 7.16. The summed E-state index contributed by atoms with van der Waals surface area (Å²) in [7, 11) is -5.00. The second-order valence-corrected chi connectivity index (χ2v) is 8.21. The summed E-state index contributed by atoms with van der Waals surface area (Å²) in [5.74, 6) is -5.63. The Morgan fingerprint density at radius 1 is 0.971 bits per heavy atom. The predicted molar refractivity (Wildman–Crippen MR) is 105 cm³/mol. The number of carbonyl (C=O) groups is 2. The molecule has 0 saturated carbocycles. The molecule has 0 saturated heterocycles. The van der Waals surface area contributed by atoms with Crippen LogP contribution in [0.1, 0.15) is 0 Å². The molecular weight excluding hydrogens is 494 g/mol. The van der Waals surface area contributed by atoms with E-state index in [2.05, 4.69) is 0 Å². The molecule has 0 bridgehead atoms. The van der Waals surface area contributed by atoms with Crippen LogP contribution < -0.4 is 9.05 Å². The van der Waals surface area contributed by atoms with E-state index in [0.717, 1.165) is 48.5 Å². The Morgan fingerprint density at radius 3 is 1.76 bits per heavy atom. The Labute approximate surface area is 187 Å². The van der Waals surface area contributed by atoms with Crippen LogP contribution in [0.4, 0.5) is 24.5 Å². The molecule has 0 aliphatic heterocycles. The minimum atomic E-state index is -5.56. The first-order valence-corrected chi connectivity index (χ1v) is 10.5. The maximum Gasteiger partial charge on any atom is 0.471 e. The highest BCUT2D eigenvalue weighted by Crippen LogP contribution is 2.50. The molecule has 0 atom stereocenters. The fourth-order valence-electron chi connectivity index (χ4n) is 2.44. The van der Waals surface area contributed by atoms with Crippen molar-refractivity contribution in [2.75, 3.05) is 12.8 Å². The fraction of sp³-hybridized carbons (Fsp3) is 0.176. The van der Waals surface area contributed by atoms with Gasteiger partial charge < -0.3 is 19.1 Å². The molecule has 13 nitrogen and oxygen atoms in total. The monoisotopic (exact) mass is 507 g/mol. The molecule has 0 heterocycles. The van der Waals surface area contributed by atoms with Crippen molar-refractivity contribution in [1.82, 2.24) is 4.90 Å². The number of nitro groups is 2. The lowest BCUT2D eigenvalue weighted by Crippen LogP contribution is -2.44. The highest BCUT2D eigenvalue weighted by atomic mass is 31.2. The zero-order valence-electron chi connectivity index (χ0n) is 16.6. The van der Waals surface area contributed by atoms with Crippen LogP contribution in [-0.2, 0) is 14.2 Å². The molecule has 34 heavy (non-hydrogen) atoms. The number of non-ortho nitro benzene ring substituents is 2. The lowest BCUT2D eigenvalue weighted by molar-refractivity contribution is -0.385. The number of alkyl halides is 3. The molecule has 17 heteroatoms. The maximum absolute atomic E-state index is 13.4. The van der Waals surface area contributed by atoms with Crippen LogP contribution >= 0.6 is 7.60 Å². The number of halogens is 3. The fourth-order valence-corrected chi connectivity index (χ4v) is 4.11. The minimum absolute atomic E-state index is 0.363. The van der Waals surface area contributed by atoms with Crippen LogP contribution in [0.5, 0.6) is 11.5 Å². The van der Waals surface area contributed by atoms with E-state index in [1.54, 1.807) is 0 Å². The molecule has 0 spiro atoms. The van der Waals surface area contributed by atoms with E-state index >= 15 is 0 Å². The van der Waals surface area contributed by atoms with Crippen LogP contribution in [0.15, 0.2) is 48.5 Å². The van der Waals surface area contributed by atoms with Gasteiger partial charge in [0.1, 0.15) is 24.3 Å². The summed E-state index contributed by atoms with van der Waals surface area (Å²) < 4.78 is 62.4. The number of rotatable bonds is 10. The van der Waals surface area contributed by atoms with Gasteiger partial charge in [0.25, 0.3) is 11.4 Å². The van der Waals surface area contributed by atoms with Crippen molar-refractivity contribution in [1.29, 1.82) is 0 Å². The molecule has 0 fully saturated rings. The third-order valence-corrected chi connectivity index (χ3v) is 5.41. The van der Waals surface area contributed by atoms with Crippen molar-refractivity contribution < 1.29 is 51.3 Å². The molecule has 0 aliphatic carbocycles. The van der Waals surface area contributed by atoms with Crippen molar-refractivity contribution >= 4 is 30.8 Å². The van der Waals surface area contributed by atoms with Crippen LogP contribution in [0, 0.1) is 20.2 Å². The molecule has 0 aliphatic rings. The van der Waals surface area contributed by atoms with E-state index in [1.165, 1.54) is 0 Å². The smallest absolute Gasteiger partial charge is 0.471 e. The first-order chi connectivity index (χ1) is 15.7. The molecule has 0 radical (unpaired) electrons. The van der Waals surface area contributed by atoms with E-state index < -0.39 is 71.2 Å². The van der Waals surface area contributed by atoms with Gasteiger partial charge in [-0.3, -0.25) is 29.8 Å². The second kappa shape index (κ2) is 10.2. The standard InChI is InChI=1S/C17H13F3N3O10P/c18-17(19,20)16(26)21(9-15(24)25)10-34(31,32-13-5-1-3-11(7-13)22(27)28)33-14-6-2-4-12(8-14)23(29)30/h1-8H,9-10H2,(H,24,25). The van der Waals surface area contributed by atoms with Crippen molar-refractivity contribution in [3.63, 3.8) is 0 Å². The zero-order valence-corrected chi connectivity index (χ0v) is 17.5. The van der Waals surface area contributed by atoms with Gasteiger partial charge in [0.2, 0.25) is 0 Å². The molecule has 182 valence electrons. The quantitative estimate of drug-likeness (QED) is 0.284. The van der Waals surface area contributed by atoms with Gasteiger partial charge in [-0.2, -0.15) is 13.2 Å². The average Bonchev–Trinajstić information content (AvgIpc) is 2.71. The van der Waals surface area contributed by atoms with Gasteiger partial charge in [0.15, 0.2) is 0 Å². The van der Waals surface area contributed by atoms with Crippen LogP contribution in [0.3, 0.4) is 0 Å². The molecule has 2 aromatic rings. The molecular formula is C17H13F3N3O10P. The lowest BCUT2D eigenvalue weighted by Gasteiger charge is -2.27. The number of amides is 1. The number of carboxylic acid groups (broad SMARTS) is 1. The molecule has 1 amide bonds. The van der Waals surface area contributed by atoms with Crippen LogP contribution in [0.2, 0.25) is 0 Å². The minimum Gasteiger partial charge on any atom is -0.480 e. The summed E-state index contributed by atoms with van der Waals surface area (Å²) in [6, 6.07) is 7.76. The first-order valence-electron chi connectivity index (χ1n) is 8.75. The van der Waals surface area contributed by atoms with Crippen molar-refractivity contribution in [3.05, 3.63) is 68.8 Å². The number of hydrogen-bond acceptors (Lipinski definition) is 9. The summed E-state index contributed by atoms with van der Waals surface area (Å²) in [6.07, 6.45) is -7.12. The number of carbonyl (C=O) groups excluding carboxylic acids is 1. The molecule has 1 N–H and O–H groups in total. The molecule has 0 unspecified atom stereocenters. The van der Waals surface area contributed by atoms with Gasteiger partial charge in [-0.25, -0.2) is 4.57 Å². The van der Waals surface area contributed by atoms with Gasteiger partial charge in [-0.1, -0.05) is 12.1 Å². The summed E-state index contributed by atoms with van der Waals surface area (Å²) in [5, 5.41) is 30.8. The Kier molecular flexibility index (Phi) is 7.79. The van der Waals surface area contributed by atoms with E-state index in [0.29, 0.717) is 0 Å². The summed E-state index contributed by atoms with van der Waals surface area (Å²) in [6.45, 7) is -1.56. The van der Waals surface area contributed by atoms with E-state index in [-0.39, 0.29) is 4.90 Å². The largest absolute Gasteiger partial charge is 0.480 e. The molecule has 2 rings (SSSR count). The molecule has 0 aromatic heterocycles. The predicted octanol–water partition coefficient (Wildman–Crippen LogP) is 3.59. The summed E-state index contributed by atoms with van der Waals surface area (Å²) >= 11 is 0. The maximum atomic E-state index is 13.4. The van der Waals surface area contributed by atoms with Gasteiger partial charge in [0.05, 0.1) is 22.0 Å². The van der Waals surface area contributed by atoms with Gasteiger partial charge in [-0.15, -0.1) is 0 Å². The highest BCUT2D eigenvalue weighted by Gasteiger charge is 2.46. The average molecular weight is 507 g/mol. The van der Waals surface area contributed by atoms with Crippen molar-refractivity contribution in [2.24, 2.45) is 0 Å². The normalized spacial score (nSPS) is 11.4. The van der Waals surface area contributed by atoms with Gasteiger partial charge >= 0.3 is 25.6 Å². The Hall–Kier alpha value is -4.20. The third-order valence-electron chi connectivity index (χ3n) is 3.75. The Morgan fingerprint density at radius 2 is 1.41 bits per heavy atom. The van der Waals surface area contributed by atoms with Crippen molar-refractivity contribution in [2.45, 2.75) is 6.18 Å². The highest BCUT2D eigenvalue weighted by molar-refractivity contribution is 7.54. The van der Waals surface area contributed by atoms with Gasteiger partial charge in [-0.05, 0) is 12.1 Å². The summed E-state index contributed by atoms with van der Waals surface area (Å²) in [5.41, 5.74) is -1.12. The van der Waals surface area contributed by atoms with E-state index in [4.69, 9.17) is 14.2 Å². The lowest BCUT2D eigenvalue weighted by atomic mass is 10.3. The van der Waals surface area contributed by atoms with Crippen LogP contribution in [-0.4, -0.2) is 50.7 Å². The number of benzene rings is 2. The number of hydrogen-bond donors (Lipinski definition) is 1. The van der Waals surface area contributed by atoms with E-state index in [1.807, 2.05) is 0 Å². The second-order valence-electron chi connectivity index (χ2n) is 6.34. The Bertz CT molecular complexity index is 1110. The topological polar surface area (TPSA) is 179 Å². The number of carboxylic acids is 1. The Balaban J connectivity index is 2.51. The number of aliphatic carboxylic acids is 1. The number of nitro benzene ring substituents is 2. The summed E-state index contributed by atoms with van der Waals surface area (Å²) in [4.78, 5) is 42.5. The van der Waals surface area contributed by atoms with Crippen LogP contribution in [0.25, 0.3) is 0 Å². The number of nitrogens with zero attached hydrogens (tertiary/aromatic N) is 3. The van der Waals surface area contributed by atoms with E-state index in [9.17, 15) is 47.6 Å². The van der Waals surface area contributed by atoms with Gasteiger partial charge in [0, 0.05) is 12.1 Å². The SMILES string of the molecule is O=C(O)CN(CP(=O)(Oc1cccc([N+](=O)[O-])c1)Oc1cccc([N+](=O)[O-])c1)C(=O)C(F)(F)F.